The molecule has 1 fully saturated rings. The second kappa shape index (κ2) is 6.45. The minimum atomic E-state index is 0.0880. The molecule has 1 heterocycles. The van der Waals surface area contributed by atoms with Crippen LogP contribution in [0.4, 0.5) is 0 Å². The van der Waals surface area contributed by atoms with Crippen molar-refractivity contribution in [1.82, 2.24) is 5.32 Å². The Morgan fingerprint density at radius 3 is 2.57 bits per heavy atom. The number of halogens is 2. The zero-order valence-corrected chi connectivity index (χ0v) is 14.8. The molecule has 0 radical (unpaired) electrons. The average molecular weight is 330 g/mol. The van der Waals surface area contributed by atoms with Crippen LogP contribution in [0.5, 0.6) is 0 Å². The van der Waals surface area contributed by atoms with Gasteiger partial charge in [0.05, 0.1) is 6.10 Å². The monoisotopic (exact) mass is 329 g/mol. The summed E-state index contributed by atoms with van der Waals surface area (Å²) in [6, 6.07) is 5.77. The fourth-order valence-corrected chi connectivity index (χ4v) is 3.31. The normalized spacial score (nSPS) is 26.3. The van der Waals surface area contributed by atoms with Crippen LogP contribution in [0.15, 0.2) is 18.2 Å². The number of hydrogen-bond donors (Lipinski definition) is 1. The third-order valence-electron chi connectivity index (χ3n) is 4.36. The summed E-state index contributed by atoms with van der Waals surface area (Å²) in [5.74, 6) is 0. The number of rotatable bonds is 4. The van der Waals surface area contributed by atoms with Crippen molar-refractivity contribution in [1.29, 1.82) is 0 Å². The Labute approximate surface area is 138 Å². The Bertz CT molecular complexity index is 498. The fraction of sp³-hybridized carbons (Fsp3) is 0.647. The van der Waals surface area contributed by atoms with E-state index in [0.29, 0.717) is 5.02 Å². The third-order valence-corrected chi connectivity index (χ3v) is 4.95. The van der Waals surface area contributed by atoms with E-state index in [1.807, 2.05) is 18.2 Å². The molecule has 0 bridgehead atoms. The van der Waals surface area contributed by atoms with Crippen LogP contribution in [0.1, 0.15) is 39.7 Å². The minimum absolute atomic E-state index is 0.0880. The summed E-state index contributed by atoms with van der Waals surface area (Å²) in [7, 11) is 0. The zero-order chi connectivity index (χ0) is 15.7. The predicted octanol–water partition coefficient (Wildman–Crippen LogP) is 4.72. The number of hydrogen-bond acceptors (Lipinski definition) is 2. The molecule has 2 atom stereocenters. The third kappa shape index (κ3) is 4.35. The van der Waals surface area contributed by atoms with Crippen LogP contribution in [0.3, 0.4) is 0 Å². The molecule has 1 aromatic carbocycles. The molecule has 2 unspecified atom stereocenters. The molecule has 1 saturated heterocycles. The molecule has 0 aromatic heterocycles. The molecule has 21 heavy (non-hydrogen) atoms. The smallest absolute Gasteiger partial charge is 0.0619 e. The van der Waals surface area contributed by atoms with E-state index in [-0.39, 0.29) is 17.1 Å². The average Bonchev–Trinajstić information content (AvgIpc) is 2.72. The highest BCUT2D eigenvalue weighted by atomic mass is 35.5. The van der Waals surface area contributed by atoms with Gasteiger partial charge < -0.3 is 10.1 Å². The first kappa shape index (κ1) is 17.1. The molecule has 1 aromatic rings. The summed E-state index contributed by atoms with van der Waals surface area (Å²) in [6.45, 7) is 10.5. The largest absolute Gasteiger partial charge is 0.378 e. The van der Waals surface area contributed by atoms with Crippen LogP contribution in [0, 0.1) is 5.41 Å². The van der Waals surface area contributed by atoms with Crippen molar-refractivity contribution in [3.8, 4) is 0 Å². The van der Waals surface area contributed by atoms with Gasteiger partial charge in [-0.25, -0.2) is 0 Å². The van der Waals surface area contributed by atoms with Crippen molar-refractivity contribution >= 4 is 23.2 Å². The number of nitrogens with one attached hydrogen (secondary N) is 1. The van der Waals surface area contributed by atoms with Gasteiger partial charge in [-0.2, -0.15) is 0 Å². The van der Waals surface area contributed by atoms with E-state index >= 15 is 0 Å². The van der Waals surface area contributed by atoms with Crippen LogP contribution in [-0.4, -0.2) is 24.8 Å². The molecule has 0 spiro atoms. The van der Waals surface area contributed by atoms with Gasteiger partial charge >= 0.3 is 0 Å². The minimum Gasteiger partial charge on any atom is -0.378 e. The lowest BCUT2D eigenvalue weighted by molar-refractivity contribution is 0.0598. The summed E-state index contributed by atoms with van der Waals surface area (Å²) >= 11 is 12.4. The van der Waals surface area contributed by atoms with E-state index in [1.54, 1.807) is 0 Å². The first-order valence-corrected chi connectivity index (χ1v) is 8.28. The highest BCUT2D eigenvalue weighted by Gasteiger charge is 2.42. The van der Waals surface area contributed by atoms with Gasteiger partial charge in [0.15, 0.2) is 0 Å². The second-order valence-electron chi connectivity index (χ2n) is 7.14. The van der Waals surface area contributed by atoms with Gasteiger partial charge in [-0.1, -0.05) is 29.3 Å². The fourth-order valence-electron chi connectivity index (χ4n) is 2.83. The maximum atomic E-state index is 6.36. The van der Waals surface area contributed by atoms with E-state index in [0.717, 1.165) is 36.6 Å². The van der Waals surface area contributed by atoms with Crippen LogP contribution < -0.4 is 5.32 Å². The van der Waals surface area contributed by atoms with Crippen molar-refractivity contribution in [2.45, 2.75) is 52.2 Å². The van der Waals surface area contributed by atoms with Crippen molar-refractivity contribution in [3.05, 3.63) is 33.8 Å². The van der Waals surface area contributed by atoms with Crippen LogP contribution in [-0.2, 0) is 11.2 Å². The molecular weight excluding hydrogens is 305 g/mol. The summed E-state index contributed by atoms with van der Waals surface area (Å²) in [5, 5.41) is 5.07. The van der Waals surface area contributed by atoms with E-state index in [4.69, 9.17) is 27.9 Å². The van der Waals surface area contributed by atoms with Crippen LogP contribution in [0.25, 0.3) is 0 Å². The maximum Gasteiger partial charge on any atom is 0.0619 e. The van der Waals surface area contributed by atoms with Gasteiger partial charge in [-0.3, -0.25) is 0 Å². The maximum absolute atomic E-state index is 6.36. The van der Waals surface area contributed by atoms with Crippen LogP contribution in [0.2, 0.25) is 10.0 Å². The lowest BCUT2D eigenvalue weighted by Gasteiger charge is -2.36. The zero-order valence-electron chi connectivity index (χ0n) is 13.3. The molecule has 0 saturated carbocycles. The summed E-state index contributed by atoms with van der Waals surface area (Å²) in [4.78, 5) is 0. The van der Waals surface area contributed by atoms with Gasteiger partial charge in [-0.05, 0) is 58.2 Å². The molecule has 1 N–H and O–H groups in total. The van der Waals surface area contributed by atoms with E-state index in [1.165, 1.54) is 0 Å². The quantitative estimate of drug-likeness (QED) is 0.862. The molecule has 0 amide bonds. The van der Waals surface area contributed by atoms with Crippen molar-refractivity contribution in [2.75, 3.05) is 13.2 Å². The van der Waals surface area contributed by atoms with Gasteiger partial charge in [0.2, 0.25) is 0 Å². The van der Waals surface area contributed by atoms with Crippen molar-refractivity contribution in [2.24, 2.45) is 5.41 Å². The van der Waals surface area contributed by atoms with Crippen molar-refractivity contribution in [3.63, 3.8) is 0 Å². The highest BCUT2D eigenvalue weighted by Crippen LogP contribution is 2.39. The van der Waals surface area contributed by atoms with Crippen molar-refractivity contribution < 1.29 is 4.74 Å². The first-order valence-electron chi connectivity index (χ1n) is 7.52. The van der Waals surface area contributed by atoms with E-state index < -0.39 is 0 Å². The molecule has 0 aliphatic carbocycles. The Morgan fingerprint density at radius 1 is 1.33 bits per heavy atom. The summed E-state index contributed by atoms with van der Waals surface area (Å²) in [6.07, 6.45) is 2.18. The van der Waals surface area contributed by atoms with Gasteiger partial charge in [0.1, 0.15) is 0 Å². The second-order valence-corrected chi connectivity index (χ2v) is 7.99. The van der Waals surface area contributed by atoms with E-state index in [9.17, 15) is 0 Å². The Kier molecular flexibility index (Phi) is 5.25. The molecule has 4 heteroatoms. The predicted molar refractivity (Wildman–Crippen MR) is 90.4 cm³/mol. The standard InChI is InChI=1S/C17H25Cl2NO/c1-12-17(7-8-21-12,11-20-16(2,3)4)10-13-5-6-14(18)9-15(13)19/h5-6,9,12,20H,7-8,10-11H2,1-4H3. The molecule has 2 rings (SSSR count). The molecule has 1 aliphatic heterocycles. The number of benzene rings is 1. The molecule has 118 valence electrons. The van der Waals surface area contributed by atoms with E-state index in [2.05, 4.69) is 33.0 Å². The van der Waals surface area contributed by atoms with Crippen LogP contribution >= 0.6 is 23.2 Å². The molecular formula is C17H25Cl2NO. The first-order chi connectivity index (χ1) is 9.72. The highest BCUT2D eigenvalue weighted by molar-refractivity contribution is 6.35. The lowest BCUT2D eigenvalue weighted by atomic mass is 9.75. The molecule has 1 aliphatic rings. The lowest BCUT2D eigenvalue weighted by Crippen LogP contribution is -2.47. The summed E-state index contributed by atoms with van der Waals surface area (Å²) < 4.78 is 5.86. The topological polar surface area (TPSA) is 21.3 Å². The Hall–Kier alpha value is -0.280. The van der Waals surface area contributed by atoms with Gasteiger partial charge in [-0.15, -0.1) is 0 Å². The molecule has 2 nitrogen and oxygen atoms in total. The Morgan fingerprint density at radius 2 is 2.05 bits per heavy atom. The SMILES string of the molecule is CC1OCCC1(CNC(C)(C)C)Cc1ccc(Cl)cc1Cl. The van der Waals surface area contributed by atoms with Gasteiger partial charge in [0.25, 0.3) is 0 Å². The number of ether oxygens (including phenoxy) is 1. The Balaban J connectivity index is 2.20. The van der Waals surface area contributed by atoms with Gasteiger partial charge in [0, 0.05) is 34.2 Å². The summed E-state index contributed by atoms with van der Waals surface area (Å²) in [5.41, 5.74) is 1.33.